The maximum absolute atomic E-state index is 11.8. The van der Waals surface area contributed by atoms with Gasteiger partial charge in [-0.05, 0) is 16.5 Å². The summed E-state index contributed by atoms with van der Waals surface area (Å²) in [6.45, 7) is 6.33. The molecule has 0 aliphatic carbocycles. The normalized spacial score (nSPS) is 11.2. The number of hydrogen-bond acceptors (Lipinski definition) is 2. The molecule has 0 N–H and O–H groups in total. The van der Waals surface area contributed by atoms with Gasteiger partial charge in [-0.1, -0.05) is 45.0 Å². The Kier molecular flexibility index (Phi) is 3.45. The Bertz CT molecular complexity index is 336. The van der Waals surface area contributed by atoms with Gasteiger partial charge < -0.3 is 4.74 Å². The van der Waals surface area contributed by atoms with Crippen molar-refractivity contribution in [2.75, 3.05) is 0 Å². The van der Waals surface area contributed by atoms with Gasteiger partial charge in [-0.2, -0.15) is 0 Å². The van der Waals surface area contributed by atoms with Crippen LogP contribution >= 0.6 is 0 Å². The minimum Gasteiger partial charge on any atom is -0.435 e. The molecule has 0 bridgehead atoms. The smallest absolute Gasteiger partial charge is 0.435 e. The Morgan fingerprint density at radius 2 is 1.80 bits per heavy atom. The van der Waals surface area contributed by atoms with Crippen molar-refractivity contribution in [3.05, 3.63) is 35.4 Å². The van der Waals surface area contributed by atoms with Gasteiger partial charge in [-0.15, -0.1) is 4.39 Å². The first-order chi connectivity index (χ1) is 6.89. The fraction of sp³-hybridized carbons (Fsp3) is 0.417. The van der Waals surface area contributed by atoms with Crippen LogP contribution in [0.15, 0.2) is 24.3 Å². The van der Waals surface area contributed by atoms with Crippen LogP contribution in [0, 0.1) is 0 Å². The number of benzene rings is 1. The molecule has 0 saturated carbocycles. The number of hydrogen-bond donors (Lipinski definition) is 0. The van der Waals surface area contributed by atoms with E-state index in [1.54, 1.807) is 0 Å². The Balaban J connectivity index is 2.69. The van der Waals surface area contributed by atoms with E-state index in [-0.39, 0.29) is 12.0 Å². The summed E-state index contributed by atoms with van der Waals surface area (Å²) in [6, 6.07) is 7.59. The number of rotatable bonds is 2. The zero-order valence-corrected chi connectivity index (χ0v) is 9.21. The van der Waals surface area contributed by atoms with Crippen LogP contribution in [0.4, 0.5) is 9.18 Å². The van der Waals surface area contributed by atoms with Crippen LogP contribution in [0.2, 0.25) is 0 Å². The third-order valence-electron chi connectivity index (χ3n) is 2.17. The summed E-state index contributed by atoms with van der Waals surface area (Å²) in [5.41, 5.74) is 2.07. The van der Waals surface area contributed by atoms with E-state index < -0.39 is 6.22 Å². The molecule has 1 aromatic rings. The van der Waals surface area contributed by atoms with E-state index in [4.69, 9.17) is 0 Å². The van der Waals surface area contributed by atoms with Crippen molar-refractivity contribution in [1.29, 1.82) is 0 Å². The molecule has 0 aliphatic heterocycles. The minimum absolute atomic E-state index is 0.0141. The van der Waals surface area contributed by atoms with Crippen molar-refractivity contribution in [3.8, 4) is 0 Å². The van der Waals surface area contributed by atoms with Crippen molar-refractivity contribution in [2.24, 2.45) is 0 Å². The zero-order chi connectivity index (χ0) is 11.5. The number of ether oxygens (including phenoxy) is 1. The van der Waals surface area contributed by atoms with Crippen LogP contribution in [0.5, 0.6) is 0 Å². The molecular formula is C12H15FO2. The lowest BCUT2D eigenvalue weighted by molar-refractivity contribution is 0.114. The van der Waals surface area contributed by atoms with E-state index in [1.807, 2.05) is 24.3 Å². The predicted octanol–water partition coefficient (Wildman–Crippen LogP) is 3.59. The Hall–Kier alpha value is -1.38. The second-order valence-corrected chi connectivity index (χ2v) is 4.47. The molecule has 0 saturated heterocycles. The first kappa shape index (κ1) is 11.7. The van der Waals surface area contributed by atoms with Gasteiger partial charge in [0.25, 0.3) is 0 Å². The lowest BCUT2D eigenvalue weighted by Crippen LogP contribution is -2.10. The molecule has 0 unspecified atom stereocenters. The fourth-order valence-electron chi connectivity index (χ4n) is 1.24. The molecule has 0 atom stereocenters. The average Bonchev–Trinajstić information content (AvgIpc) is 2.14. The molecule has 3 heteroatoms. The first-order valence-corrected chi connectivity index (χ1v) is 4.81. The van der Waals surface area contributed by atoms with Gasteiger partial charge in [-0.25, -0.2) is 4.79 Å². The van der Waals surface area contributed by atoms with Gasteiger partial charge in [0.05, 0.1) is 0 Å². The van der Waals surface area contributed by atoms with Crippen LogP contribution in [-0.2, 0) is 16.8 Å². The molecule has 15 heavy (non-hydrogen) atoms. The molecule has 1 aromatic carbocycles. The largest absolute Gasteiger partial charge is 0.495 e. The van der Waals surface area contributed by atoms with E-state index in [9.17, 15) is 9.18 Å². The summed E-state index contributed by atoms with van der Waals surface area (Å²) in [4.78, 5) is 9.95. The molecule has 0 radical (unpaired) electrons. The van der Waals surface area contributed by atoms with Crippen molar-refractivity contribution in [2.45, 2.75) is 32.8 Å². The van der Waals surface area contributed by atoms with Crippen molar-refractivity contribution in [1.82, 2.24) is 0 Å². The average molecular weight is 210 g/mol. The third-order valence-corrected chi connectivity index (χ3v) is 2.17. The van der Waals surface area contributed by atoms with Crippen LogP contribution in [-0.4, -0.2) is 6.22 Å². The van der Waals surface area contributed by atoms with Crippen LogP contribution in [0.3, 0.4) is 0 Å². The molecule has 2 nitrogen and oxygen atoms in total. The van der Waals surface area contributed by atoms with Crippen molar-refractivity contribution >= 4 is 6.22 Å². The Morgan fingerprint density at radius 3 is 2.20 bits per heavy atom. The minimum atomic E-state index is -1.74. The molecule has 0 aliphatic rings. The lowest BCUT2D eigenvalue weighted by Gasteiger charge is -2.18. The van der Waals surface area contributed by atoms with Gasteiger partial charge >= 0.3 is 6.22 Å². The molecule has 0 amide bonds. The molecular weight excluding hydrogens is 195 g/mol. The highest BCUT2D eigenvalue weighted by atomic mass is 19.1. The summed E-state index contributed by atoms with van der Waals surface area (Å²) < 4.78 is 16.0. The maximum Gasteiger partial charge on any atom is 0.495 e. The van der Waals surface area contributed by atoms with Crippen LogP contribution < -0.4 is 0 Å². The van der Waals surface area contributed by atoms with Gasteiger partial charge in [0.1, 0.15) is 6.61 Å². The summed E-state index contributed by atoms with van der Waals surface area (Å²) >= 11 is 0. The zero-order valence-electron chi connectivity index (χ0n) is 9.21. The number of carbonyl (C=O) groups is 1. The van der Waals surface area contributed by atoms with E-state index in [0.717, 1.165) is 5.56 Å². The monoisotopic (exact) mass is 210 g/mol. The predicted molar refractivity (Wildman–Crippen MR) is 56.4 cm³/mol. The highest BCUT2D eigenvalue weighted by molar-refractivity contribution is 5.58. The molecule has 1 rings (SSSR count). The molecule has 82 valence electrons. The topological polar surface area (TPSA) is 26.3 Å². The SMILES string of the molecule is CC(C)(C)c1ccc(COC(=O)F)cc1. The van der Waals surface area contributed by atoms with Crippen molar-refractivity contribution in [3.63, 3.8) is 0 Å². The van der Waals surface area contributed by atoms with Gasteiger partial charge in [-0.3, -0.25) is 0 Å². The van der Waals surface area contributed by atoms with Crippen molar-refractivity contribution < 1.29 is 13.9 Å². The highest BCUT2D eigenvalue weighted by Crippen LogP contribution is 2.22. The molecule has 0 fully saturated rings. The quantitative estimate of drug-likeness (QED) is 0.697. The standard InChI is InChI=1S/C12H15FO2/c1-12(2,3)10-6-4-9(5-7-10)8-15-11(13)14/h4-7H,8H2,1-3H3. The summed E-state index contributed by atoms with van der Waals surface area (Å²) in [5, 5.41) is 0. The van der Waals surface area contributed by atoms with Gasteiger partial charge in [0.2, 0.25) is 0 Å². The molecule has 0 aromatic heterocycles. The maximum atomic E-state index is 11.8. The first-order valence-electron chi connectivity index (χ1n) is 4.81. The summed E-state index contributed by atoms with van der Waals surface area (Å²) in [5.74, 6) is 0. The van der Waals surface area contributed by atoms with E-state index >= 15 is 0 Å². The molecule has 0 heterocycles. The number of carbonyl (C=O) groups excluding carboxylic acids is 1. The second kappa shape index (κ2) is 4.43. The Labute approximate surface area is 89.1 Å². The van der Waals surface area contributed by atoms with Crippen LogP contribution in [0.1, 0.15) is 31.9 Å². The van der Waals surface area contributed by atoms with E-state index in [0.29, 0.717) is 0 Å². The summed E-state index contributed by atoms with van der Waals surface area (Å²) in [6.07, 6.45) is -1.74. The van der Waals surface area contributed by atoms with E-state index in [2.05, 4.69) is 25.5 Å². The fourth-order valence-corrected chi connectivity index (χ4v) is 1.24. The lowest BCUT2D eigenvalue weighted by atomic mass is 9.87. The second-order valence-electron chi connectivity index (χ2n) is 4.47. The van der Waals surface area contributed by atoms with Gasteiger partial charge in [0, 0.05) is 0 Å². The summed E-state index contributed by atoms with van der Waals surface area (Å²) in [7, 11) is 0. The van der Waals surface area contributed by atoms with E-state index in [1.165, 1.54) is 5.56 Å². The van der Waals surface area contributed by atoms with Gasteiger partial charge in [0.15, 0.2) is 0 Å². The third kappa shape index (κ3) is 3.70. The number of halogens is 1. The Morgan fingerprint density at radius 1 is 1.27 bits per heavy atom. The van der Waals surface area contributed by atoms with Crippen LogP contribution in [0.25, 0.3) is 0 Å². The highest BCUT2D eigenvalue weighted by Gasteiger charge is 2.12. The molecule has 0 spiro atoms.